The fraction of sp³-hybridized carbons (Fsp3) is 0.111. The number of aromatic nitrogens is 1. The van der Waals surface area contributed by atoms with E-state index in [4.69, 9.17) is 44.0 Å². The van der Waals surface area contributed by atoms with Crippen molar-refractivity contribution in [3.05, 3.63) is 74.7 Å². The van der Waals surface area contributed by atoms with Gasteiger partial charge in [-0.15, -0.1) is 0 Å². The minimum absolute atomic E-state index is 0.0177. The first-order valence-corrected chi connectivity index (χ1v) is 8.65. The third-order valence-electron chi connectivity index (χ3n) is 3.42. The van der Waals surface area contributed by atoms with E-state index in [1.54, 1.807) is 24.3 Å². The molecule has 0 aliphatic rings. The quantitative estimate of drug-likeness (QED) is 0.566. The van der Waals surface area contributed by atoms with Gasteiger partial charge in [-0.2, -0.15) is 10.2 Å². The molecular formula is C18H12Cl3N3O2. The van der Waals surface area contributed by atoms with Gasteiger partial charge in [0.2, 0.25) is 17.5 Å². The predicted molar refractivity (Wildman–Crippen MR) is 101 cm³/mol. The van der Waals surface area contributed by atoms with Crippen molar-refractivity contribution in [3.8, 4) is 11.8 Å². The van der Waals surface area contributed by atoms with Crippen molar-refractivity contribution in [3.63, 3.8) is 0 Å². The number of hydrogen-bond donors (Lipinski definition) is 1. The summed E-state index contributed by atoms with van der Waals surface area (Å²) in [6.07, 6.45) is 0. The number of nitrogens with zero attached hydrogens (tertiary/aromatic N) is 2. The number of nitriles is 1. The molecule has 0 radical (unpaired) electrons. The number of oxazole rings is 1. The predicted octanol–water partition coefficient (Wildman–Crippen LogP) is 5.70. The zero-order valence-electron chi connectivity index (χ0n) is 13.3. The largest absolute Gasteiger partial charge is 0.482 e. The van der Waals surface area contributed by atoms with Crippen LogP contribution in [0.1, 0.15) is 17.1 Å². The van der Waals surface area contributed by atoms with Crippen molar-refractivity contribution >= 4 is 40.7 Å². The summed E-state index contributed by atoms with van der Waals surface area (Å²) in [6.45, 7) is 0.413. The fourth-order valence-electron chi connectivity index (χ4n) is 2.17. The molecule has 0 fully saturated rings. The summed E-state index contributed by atoms with van der Waals surface area (Å²) in [7, 11) is 0. The van der Waals surface area contributed by atoms with E-state index in [0.29, 0.717) is 27.4 Å². The zero-order valence-corrected chi connectivity index (χ0v) is 15.6. The highest BCUT2D eigenvalue weighted by molar-refractivity contribution is 6.35. The second kappa shape index (κ2) is 8.33. The van der Waals surface area contributed by atoms with Crippen LogP contribution in [0, 0.1) is 11.3 Å². The summed E-state index contributed by atoms with van der Waals surface area (Å²) in [5.41, 5.74) is 1.01. The standard InChI is InChI=1S/C18H12Cl3N3O2/c19-12-5-6-16(14(21)7-12)25-10-17-24-15(8-22)18(26-17)23-9-11-3-1-2-4-13(11)20/h1-7,23H,9-10H2. The third kappa shape index (κ3) is 4.41. The molecule has 5 nitrogen and oxygen atoms in total. The van der Waals surface area contributed by atoms with Crippen LogP contribution in [0.3, 0.4) is 0 Å². The number of ether oxygens (including phenoxy) is 1. The Kier molecular flexibility index (Phi) is 5.89. The third-order valence-corrected chi connectivity index (χ3v) is 4.32. The van der Waals surface area contributed by atoms with Crippen molar-refractivity contribution in [1.82, 2.24) is 4.98 Å². The molecular weight excluding hydrogens is 397 g/mol. The lowest BCUT2D eigenvalue weighted by molar-refractivity contribution is 0.265. The summed E-state index contributed by atoms with van der Waals surface area (Å²) < 4.78 is 11.1. The molecule has 2 aromatic carbocycles. The maximum absolute atomic E-state index is 9.23. The highest BCUT2D eigenvalue weighted by Crippen LogP contribution is 2.28. The first-order valence-electron chi connectivity index (χ1n) is 7.51. The van der Waals surface area contributed by atoms with Crippen LogP contribution in [0.5, 0.6) is 5.75 Å². The SMILES string of the molecule is N#Cc1nc(COc2ccc(Cl)cc2Cl)oc1NCc1ccccc1Cl. The molecule has 0 amide bonds. The smallest absolute Gasteiger partial charge is 0.236 e. The summed E-state index contributed by atoms with van der Waals surface area (Å²) in [5, 5.41) is 13.8. The van der Waals surface area contributed by atoms with E-state index in [1.165, 1.54) is 0 Å². The van der Waals surface area contributed by atoms with Gasteiger partial charge in [0.1, 0.15) is 11.8 Å². The lowest BCUT2D eigenvalue weighted by atomic mass is 10.2. The van der Waals surface area contributed by atoms with Crippen molar-refractivity contribution in [1.29, 1.82) is 5.26 Å². The second-order valence-corrected chi connectivity index (χ2v) is 6.46. The monoisotopic (exact) mass is 407 g/mol. The number of anilines is 1. The van der Waals surface area contributed by atoms with Crippen molar-refractivity contribution in [2.45, 2.75) is 13.2 Å². The summed E-state index contributed by atoms with van der Waals surface area (Å²) in [6, 6.07) is 14.3. The van der Waals surface area contributed by atoms with Gasteiger partial charge in [0.15, 0.2) is 6.61 Å². The molecule has 0 bridgehead atoms. The average molecular weight is 409 g/mol. The number of halogens is 3. The summed E-state index contributed by atoms with van der Waals surface area (Å²) in [5.74, 6) is 0.945. The number of benzene rings is 2. The minimum atomic E-state index is 0.0177. The molecule has 0 saturated carbocycles. The molecule has 0 spiro atoms. The van der Waals surface area contributed by atoms with Crippen LogP contribution in [-0.4, -0.2) is 4.98 Å². The molecule has 132 valence electrons. The van der Waals surface area contributed by atoms with Crippen LogP contribution >= 0.6 is 34.8 Å². The van der Waals surface area contributed by atoms with Crippen LogP contribution in [0.25, 0.3) is 0 Å². The van der Waals surface area contributed by atoms with E-state index in [9.17, 15) is 5.26 Å². The maximum Gasteiger partial charge on any atom is 0.236 e. The molecule has 3 aromatic rings. The van der Waals surface area contributed by atoms with Crippen LogP contribution in [0.2, 0.25) is 15.1 Å². The molecule has 1 aromatic heterocycles. The van der Waals surface area contributed by atoms with E-state index < -0.39 is 0 Å². The van der Waals surface area contributed by atoms with Gasteiger partial charge in [-0.3, -0.25) is 0 Å². The normalized spacial score (nSPS) is 10.4. The molecule has 1 heterocycles. The Hall–Kier alpha value is -2.39. The van der Waals surface area contributed by atoms with Gasteiger partial charge in [0, 0.05) is 16.6 Å². The molecule has 1 N–H and O–H groups in total. The Morgan fingerprint density at radius 3 is 2.65 bits per heavy atom. The highest BCUT2D eigenvalue weighted by Gasteiger charge is 2.14. The summed E-state index contributed by atoms with van der Waals surface area (Å²) in [4.78, 5) is 4.11. The first-order chi connectivity index (χ1) is 12.6. The van der Waals surface area contributed by atoms with Gasteiger partial charge < -0.3 is 14.5 Å². The molecule has 0 aliphatic heterocycles. The molecule has 26 heavy (non-hydrogen) atoms. The van der Waals surface area contributed by atoms with Crippen LogP contribution in [0.4, 0.5) is 5.88 Å². The molecule has 0 saturated heterocycles. The second-order valence-electron chi connectivity index (χ2n) is 5.21. The van der Waals surface area contributed by atoms with Crippen LogP contribution < -0.4 is 10.1 Å². The Labute approximate surface area is 165 Å². The van der Waals surface area contributed by atoms with Crippen molar-refractivity contribution < 1.29 is 9.15 Å². The Morgan fingerprint density at radius 1 is 1.12 bits per heavy atom. The number of nitrogens with one attached hydrogen (secondary N) is 1. The molecule has 3 rings (SSSR count). The van der Waals surface area contributed by atoms with E-state index >= 15 is 0 Å². The van der Waals surface area contributed by atoms with Gasteiger partial charge in [-0.25, -0.2) is 0 Å². The number of rotatable bonds is 6. The Bertz CT molecular complexity index is 967. The molecule has 0 unspecified atom stereocenters. The lowest BCUT2D eigenvalue weighted by Gasteiger charge is -2.06. The van der Waals surface area contributed by atoms with E-state index in [2.05, 4.69) is 10.3 Å². The van der Waals surface area contributed by atoms with Gasteiger partial charge in [-0.05, 0) is 29.8 Å². The summed E-state index contributed by atoms with van der Waals surface area (Å²) >= 11 is 18.0. The van der Waals surface area contributed by atoms with Gasteiger partial charge in [0.05, 0.1) is 5.02 Å². The molecule has 8 heteroatoms. The van der Waals surface area contributed by atoms with Crippen LogP contribution in [0.15, 0.2) is 46.9 Å². The Balaban J connectivity index is 1.68. The minimum Gasteiger partial charge on any atom is -0.482 e. The number of hydrogen-bond acceptors (Lipinski definition) is 5. The first kappa shape index (κ1) is 18.4. The highest BCUT2D eigenvalue weighted by atomic mass is 35.5. The van der Waals surface area contributed by atoms with Gasteiger partial charge in [0.25, 0.3) is 0 Å². The van der Waals surface area contributed by atoms with Gasteiger partial charge >= 0.3 is 0 Å². The van der Waals surface area contributed by atoms with E-state index in [1.807, 2.05) is 24.3 Å². The van der Waals surface area contributed by atoms with Crippen molar-refractivity contribution in [2.24, 2.45) is 0 Å². The van der Waals surface area contributed by atoms with Crippen LogP contribution in [-0.2, 0) is 13.2 Å². The van der Waals surface area contributed by atoms with Crippen molar-refractivity contribution in [2.75, 3.05) is 5.32 Å². The topological polar surface area (TPSA) is 71.1 Å². The maximum atomic E-state index is 9.23. The molecule has 0 atom stereocenters. The van der Waals surface area contributed by atoms with Gasteiger partial charge in [-0.1, -0.05) is 53.0 Å². The lowest BCUT2D eigenvalue weighted by Crippen LogP contribution is -2.00. The molecule has 0 aliphatic carbocycles. The zero-order chi connectivity index (χ0) is 18.5. The fourth-order valence-corrected chi connectivity index (χ4v) is 2.84. The van der Waals surface area contributed by atoms with E-state index in [0.717, 1.165) is 5.56 Å². The Morgan fingerprint density at radius 2 is 1.92 bits per heavy atom. The van der Waals surface area contributed by atoms with E-state index in [-0.39, 0.29) is 24.1 Å². The average Bonchev–Trinajstić information content (AvgIpc) is 3.02.